The van der Waals surface area contributed by atoms with E-state index in [1.54, 1.807) is 7.11 Å². The molecule has 4 heteroatoms. The molecule has 0 spiro atoms. The van der Waals surface area contributed by atoms with E-state index in [4.69, 9.17) is 4.74 Å². The maximum absolute atomic E-state index is 12.3. The lowest BCUT2D eigenvalue weighted by molar-refractivity contribution is -0.124. The van der Waals surface area contributed by atoms with Gasteiger partial charge in [0.25, 0.3) is 0 Å². The third-order valence-corrected chi connectivity index (χ3v) is 3.92. The third-order valence-electron chi connectivity index (χ3n) is 3.92. The van der Waals surface area contributed by atoms with Gasteiger partial charge in [-0.1, -0.05) is 25.5 Å². The van der Waals surface area contributed by atoms with E-state index in [0.717, 1.165) is 38.2 Å². The lowest BCUT2D eigenvalue weighted by Crippen LogP contribution is -2.34. The first kappa shape index (κ1) is 14.9. The molecule has 2 N–H and O–H groups in total. The van der Waals surface area contributed by atoms with Gasteiger partial charge in [-0.15, -0.1) is 0 Å². The molecule has 110 valence electrons. The lowest BCUT2D eigenvalue weighted by atomic mass is 9.88. The maximum Gasteiger partial charge on any atom is 0.225 e. The number of amides is 1. The molecule has 1 aliphatic rings. The number of ether oxygens (including phenoxy) is 1. The molecule has 1 fully saturated rings. The van der Waals surface area contributed by atoms with Crippen LogP contribution in [0.15, 0.2) is 24.3 Å². The van der Waals surface area contributed by atoms with E-state index in [9.17, 15) is 4.79 Å². The number of hydrogen-bond donors (Lipinski definition) is 2. The second-order valence-electron chi connectivity index (χ2n) is 5.29. The molecule has 2 atom stereocenters. The van der Waals surface area contributed by atoms with Crippen LogP contribution in [0.1, 0.15) is 31.2 Å². The van der Waals surface area contributed by atoms with Gasteiger partial charge in [0.2, 0.25) is 5.91 Å². The second kappa shape index (κ2) is 7.29. The average molecular weight is 276 g/mol. The Morgan fingerprint density at radius 2 is 2.10 bits per heavy atom. The van der Waals surface area contributed by atoms with Crippen LogP contribution in [0.25, 0.3) is 0 Å². The first-order valence-corrected chi connectivity index (χ1v) is 7.38. The number of hydrogen-bond acceptors (Lipinski definition) is 3. The summed E-state index contributed by atoms with van der Waals surface area (Å²) in [4.78, 5) is 12.3. The number of methoxy groups -OCH3 is 1. The van der Waals surface area contributed by atoms with Gasteiger partial charge in [0.1, 0.15) is 5.75 Å². The average Bonchev–Trinajstić information content (AvgIpc) is 2.97. The highest BCUT2D eigenvalue weighted by molar-refractivity contribution is 5.80. The van der Waals surface area contributed by atoms with Gasteiger partial charge in [-0.05, 0) is 24.1 Å². The number of carbonyl (C=O) groups excluding carboxylic acids is 1. The van der Waals surface area contributed by atoms with Crippen molar-refractivity contribution in [2.24, 2.45) is 5.92 Å². The minimum atomic E-state index is 0.0280. The van der Waals surface area contributed by atoms with Crippen LogP contribution in [-0.4, -0.2) is 32.7 Å². The van der Waals surface area contributed by atoms with Crippen LogP contribution in [0.5, 0.6) is 5.75 Å². The Morgan fingerprint density at radius 1 is 1.35 bits per heavy atom. The van der Waals surface area contributed by atoms with Crippen LogP contribution < -0.4 is 15.4 Å². The monoisotopic (exact) mass is 276 g/mol. The minimum absolute atomic E-state index is 0.0280. The summed E-state index contributed by atoms with van der Waals surface area (Å²) in [5, 5.41) is 6.37. The molecule has 1 aromatic rings. The van der Waals surface area contributed by atoms with E-state index in [-0.39, 0.29) is 17.7 Å². The van der Waals surface area contributed by atoms with E-state index in [1.807, 2.05) is 12.1 Å². The molecule has 0 aliphatic carbocycles. The van der Waals surface area contributed by atoms with E-state index in [0.29, 0.717) is 0 Å². The van der Waals surface area contributed by atoms with Crippen LogP contribution in [-0.2, 0) is 4.79 Å². The number of rotatable bonds is 6. The molecule has 2 unspecified atom stereocenters. The summed E-state index contributed by atoms with van der Waals surface area (Å²) >= 11 is 0. The molecule has 1 heterocycles. The van der Waals surface area contributed by atoms with E-state index in [2.05, 4.69) is 29.7 Å². The van der Waals surface area contributed by atoms with Crippen molar-refractivity contribution in [3.05, 3.63) is 29.8 Å². The largest absolute Gasteiger partial charge is 0.497 e. The number of carbonyl (C=O) groups is 1. The predicted octanol–water partition coefficient (Wildman–Crippen LogP) is 1.91. The molecule has 20 heavy (non-hydrogen) atoms. The summed E-state index contributed by atoms with van der Waals surface area (Å²) in [6.45, 7) is 4.53. The standard InChI is InChI=1S/C16H24N2O2/c1-3-4-9-18-16(19)15-11-17-10-14(15)12-5-7-13(20-2)8-6-12/h5-8,14-15,17H,3-4,9-11H2,1-2H3,(H,18,19). The molecule has 0 aromatic heterocycles. The molecule has 0 radical (unpaired) electrons. The topological polar surface area (TPSA) is 50.4 Å². The van der Waals surface area contributed by atoms with Gasteiger partial charge in [0.05, 0.1) is 13.0 Å². The molecule has 1 saturated heterocycles. The van der Waals surface area contributed by atoms with Gasteiger partial charge in [0.15, 0.2) is 0 Å². The molecular formula is C16H24N2O2. The minimum Gasteiger partial charge on any atom is -0.497 e. The summed E-state index contributed by atoms with van der Waals surface area (Å²) in [7, 11) is 1.66. The Labute approximate surface area is 120 Å². The fraction of sp³-hybridized carbons (Fsp3) is 0.562. The van der Waals surface area contributed by atoms with E-state index < -0.39 is 0 Å². The summed E-state index contributed by atoms with van der Waals surface area (Å²) in [6.07, 6.45) is 2.14. The van der Waals surface area contributed by atoms with E-state index >= 15 is 0 Å². The van der Waals surface area contributed by atoms with Gasteiger partial charge in [-0.3, -0.25) is 4.79 Å². The Kier molecular flexibility index (Phi) is 5.41. The third kappa shape index (κ3) is 3.51. The smallest absolute Gasteiger partial charge is 0.225 e. The van der Waals surface area contributed by atoms with E-state index in [1.165, 1.54) is 5.56 Å². The van der Waals surface area contributed by atoms with Crippen LogP contribution in [0.3, 0.4) is 0 Å². The SMILES string of the molecule is CCCCNC(=O)C1CNCC1c1ccc(OC)cc1. The molecule has 4 nitrogen and oxygen atoms in total. The first-order chi connectivity index (χ1) is 9.76. The molecule has 1 amide bonds. The summed E-state index contributed by atoms with van der Waals surface area (Å²) in [6, 6.07) is 8.03. The zero-order valence-corrected chi connectivity index (χ0v) is 12.3. The van der Waals surface area contributed by atoms with Crippen molar-refractivity contribution < 1.29 is 9.53 Å². The Morgan fingerprint density at radius 3 is 2.75 bits per heavy atom. The first-order valence-electron chi connectivity index (χ1n) is 7.38. The molecule has 0 bridgehead atoms. The molecule has 1 aliphatic heterocycles. The molecular weight excluding hydrogens is 252 g/mol. The molecule has 1 aromatic carbocycles. The molecule has 0 saturated carbocycles. The van der Waals surface area contributed by atoms with Crippen molar-refractivity contribution in [3.8, 4) is 5.75 Å². The van der Waals surface area contributed by atoms with Crippen molar-refractivity contribution in [1.29, 1.82) is 0 Å². The van der Waals surface area contributed by atoms with Gasteiger partial charge in [0, 0.05) is 25.6 Å². The van der Waals surface area contributed by atoms with Crippen LogP contribution >= 0.6 is 0 Å². The number of nitrogens with one attached hydrogen (secondary N) is 2. The highest BCUT2D eigenvalue weighted by atomic mass is 16.5. The number of unbranched alkanes of at least 4 members (excludes halogenated alkanes) is 1. The zero-order chi connectivity index (χ0) is 14.4. The quantitative estimate of drug-likeness (QED) is 0.780. The highest BCUT2D eigenvalue weighted by Crippen LogP contribution is 2.29. The van der Waals surface area contributed by atoms with Crippen LogP contribution in [0.4, 0.5) is 0 Å². The summed E-state index contributed by atoms with van der Waals surface area (Å²) in [5.41, 5.74) is 1.20. The highest BCUT2D eigenvalue weighted by Gasteiger charge is 2.33. The van der Waals surface area contributed by atoms with Gasteiger partial charge >= 0.3 is 0 Å². The van der Waals surface area contributed by atoms with Crippen molar-refractivity contribution in [1.82, 2.24) is 10.6 Å². The lowest BCUT2D eigenvalue weighted by Gasteiger charge is -2.18. The van der Waals surface area contributed by atoms with Crippen molar-refractivity contribution in [3.63, 3.8) is 0 Å². The Bertz CT molecular complexity index is 431. The normalized spacial score (nSPS) is 21.7. The molecule has 2 rings (SSSR count). The fourth-order valence-corrected chi connectivity index (χ4v) is 2.68. The van der Waals surface area contributed by atoms with Gasteiger partial charge < -0.3 is 15.4 Å². The Hall–Kier alpha value is -1.55. The summed E-state index contributed by atoms with van der Waals surface area (Å²) < 4.78 is 5.18. The van der Waals surface area contributed by atoms with Gasteiger partial charge in [-0.25, -0.2) is 0 Å². The van der Waals surface area contributed by atoms with Crippen molar-refractivity contribution in [2.45, 2.75) is 25.7 Å². The summed E-state index contributed by atoms with van der Waals surface area (Å²) in [5.74, 6) is 1.30. The van der Waals surface area contributed by atoms with Crippen molar-refractivity contribution in [2.75, 3.05) is 26.7 Å². The van der Waals surface area contributed by atoms with Gasteiger partial charge in [-0.2, -0.15) is 0 Å². The maximum atomic E-state index is 12.3. The van der Waals surface area contributed by atoms with Crippen molar-refractivity contribution >= 4 is 5.91 Å². The predicted molar refractivity (Wildman–Crippen MR) is 80.0 cm³/mol. The zero-order valence-electron chi connectivity index (χ0n) is 12.3. The Balaban J connectivity index is 2.00. The fourth-order valence-electron chi connectivity index (χ4n) is 2.68. The van der Waals surface area contributed by atoms with Crippen LogP contribution in [0.2, 0.25) is 0 Å². The second-order valence-corrected chi connectivity index (χ2v) is 5.29. The number of benzene rings is 1. The van der Waals surface area contributed by atoms with Crippen LogP contribution in [0, 0.1) is 5.92 Å².